The average Bonchev–Trinajstić information content (AvgIpc) is 2.06. The highest BCUT2D eigenvalue weighted by Gasteiger charge is 2.42. The minimum Gasteiger partial charge on any atom is -0.173 e. The fourth-order valence-corrected chi connectivity index (χ4v) is 1.50. The Hall–Kier alpha value is -0.250. The molecule has 1 saturated carbocycles. The lowest BCUT2D eigenvalue weighted by molar-refractivity contribution is -0.378. The Balaban J connectivity index is 2.43. The molecule has 66 valence electrons. The van der Waals surface area contributed by atoms with Gasteiger partial charge in [-0.15, -0.1) is 4.94 Å². The van der Waals surface area contributed by atoms with Gasteiger partial charge in [0.15, 0.2) is 0 Å². The third-order valence-electron chi connectivity index (χ3n) is 2.18. The average molecular weight is 168 g/mol. The molecule has 11 heavy (non-hydrogen) atoms. The van der Waals surface area contributed by atoms with Crippen LogP contribution in [0.15, 0.2) is 0 Å². The lowest BCUT2D eigenvalue weighted by Gasteiger charge is -2.25. The van der Waals surface area contributed by atoms with Crippen LogP contribution in [-0.4, -0.2) is 6.11 Å². The molecule has 1 aliphatic carbocycles. The summed E-state index contributed by atoms with van der Waals surface area (Å²) in [6.07, 6.45) is -0.333. The second-order valence-electron chi connectivity index (χ2n) is 2.97. The molecule has 0 aromatic heterocycles. The Bertz CT molecular complexity index is 121. The van der Waals surface area contributed by atoms with Crippen LogP contribution in [0.5, 0.6) is 0 Å². The van der Waals surface area contributed by atoms with Crippen molar-refractivity contribution in [3.05, 3.63) is 0 Å². The molecular weight excluding hydrogens is 157 g/mol. The van der Waals surface area contributed by atoms with Crippen molar-refractivity contribution in [1.82, 2.24) is 0 Å². The second-order valence-corrected chi connectivity index (χ2v) is 2.97. The van der Waals surface area contributed by atoms with Crippen LogP contribution in [0.25, 0.3) is 0 Å². The largest absolute Gasteiger partial charge is 0.388 e. The zero-order valence-electron chi connectivity index (χ0n) is 6.16. The number of alkyl halides is 2. The van der Waals surface area contributed by atoms with Gasteiger partial charge in [0.2, 0.25) is 0 Å². The third kappa shape index (κ3) is 2.09. The zero-order valence-corrected chi connectivity index (χ0v) is 6.16. The van der Waals surface area contributed by atoms with Crippen LogP contribution in [0.4, 0.5) is 13.3 Å². The summed E-state index contributed by atoms with van der Waals surface area (Å²) in [6, 6.07) is 0. The van der Waals surface area contributed by atoms with Gasteiger partial charge in [-0.05, 0) is 17.4 Å². The van der Waals surface area contributed by atoms with E-state index in [4.69, 9.17) is 0 Å². The van der Waals surface area contributed by atoms with E-state index in [0.717, 1.165) is 19.3 Å². The lowest BCUT2D eigenvalue weighted by Crippen LogP contribution is -2.30. The quantitative estimate of drug-likeness (QED) is 0.615. The van der Waals surface area contributed by atoms with Crippen LogP contribution in [0.3, 0.4) is 0 Å². The molecule has 0 aliphatic heterocycles. The van der Waals surface area contributed by atoms with Crippen LogP contribution in [-0.2, 0) is 4.94 Å². The van der Waals surface area contributed by atoms with Crippen molar-refractivity contribution in [2.45, 2.75) is 38.2 Å². The van der Waals surface area contributed by atoms with Crippen molar-refractivity contribution in [1.29, 1.82) is 0 Å². The van der Waals surface area contributed by atoms with Gasteiger partial charge in [0, 0.05) is 0 Å². The molecule has 4 heteroatoms. The zero-order chi connectivity index (χ0) is 8.32. The minimum atomic E-state index is -3.56. The molecule has 1 nitrogen and oxygen atoms in total. The predicted octanol–water partition coefficient (Wildman–Crippen LogP) is 3.06. The molecule has 1 rings (SSSR count). The number of hydrogen-bond acceptors (Lipinski definition) is 1. The summed E-state index contributed by atoms with van der Waals surface area (Å²) in [5.41, 5.74) is 0. The smallest absolute Gasteiger partial charge is 0.173 e. The van der Waals surface area contributed by atoms with Crippen LogP contribution < -0.4 is 0 Å². The van der Waals surface area contributed by atoms with Gasteiger partial charge in [0.25, 0.3) is 0 Å². The second kappa shape index (κ2) is 3.43. The van der Waals surface area contributed by atoms with Gasteiger partial charge < -0.3 is 0 Å². The topological polar surface area (TPSA) is 9.23 Å². The molecule has 0 N–H and O–H groups in total. The van der Waals surface area contributed by atoms with E-state index < -0.39 is 12.0 Å². The van der Waals surface area contributed by atoms with Crippen molar-refractivity contribution in [2.75, 3.05) is 0 Å². The van der Waals surface area contributed by atoms with E-state index in [-0.39, 0.29) is 0 Å². The minimum absolute atomic E-state index is 0.372. The maximum Gasteiger partial charge on any atom is 0.388 e. The van der Waals surface area contributed by atoms with E-state index in [1.54, 1.807) is 0 Å². The van der Waals surface area contributed by atoms with Gasteiger partial charge in [0.05, 0.1) is 5.92 Å². The fraction of sp³-hybridized carbons (Fsp3) is 1.00. The molecular formula is C7H11F3O. The van der Waals surface area contributed by atoms with Crippen molar-refractivity contribution in [3.8, 4) is 0 Å². The molecule has 0 radical (unpaired) electrons. The summed E-state index contributed by atoms with van der Waals surface area (Å²) in [5.74, 6) is -0.916. The van der Waals surface area contributed by atoms with E-state index in [1.165, 1.54) is 0 Å². The molecule has 1 aliphatic rings. The van der Waals surface area contributed by atoms with Crippen molar-refractivity contribution in [2.24, 2.45) is 5.92 Å². The van der Waals surface area contributed by atoms with Crippen molar-refractivity contribution in [3.63, 3.8) is 0 Å². The lowest BCUT2D eigenvalue weighted by atomic mass is 9.88. The molecule has 0 unspecified atom stereocenters. The van der Waals surface area contributed by atoms with Crippen LogP contribution in [0.1, 0.15) is 32.1 Å². The van der Waals surface area contributed by atoms with Crippen molar-refractivity contribution >= 4 is 0 Å². The molecule has 0 spiro atoms. The SMILES string of the molecule is FOC(F)(F)C1CCCCC1. The number of rotatable bonds is 2. The Labute approximate surface area is 63.4 Å². The Morgan fingerprint density at radius 2 is 1.64 bits per heavy atom. The third-order valence-corrected chi connectivity index (χ3v) is 2.18. The number of halogens is 3. The normalized spacial score (nSPS) is 22.1. The van der Waals surface area contributed by atoms with Crippen LogP contribution >= 0.6 is 0 Å². The summed E-state index contributed by atoms with van der Waals surface area (Å²) in [7, 11) is 0. The highest BCUT2D eigenvalue weighted by molar-refractivity contribution is 4.72. The van der Waals surface area contributed by atoms with Gasteiger partial charge >= 0.3 is 6.11 Å². The fourth-order valence-electron chi connectivity index (χ4n) is 1.50. The Morgan fingerprint density at radius 1 is 1.09 bits per heavy atom. The van der Waals surface area contributed by atoms with Crippen molar-refractivity contribution < 1.29 is 18.2 Å². The van der Waals surface area contributed by atoms with Gasteiger partial charge in [-0.25, -0.2) is 0 Å². The van der Waals surface area contributed by atoms with E-state index >= 15 is 0 Å². The molecule has 0 aromatic rings. The van der Waals surface area contributed by atoms with Crippen LogP contribution in [0.2, 0.25) is 0 Å². The van der Waals surface area contributed by atoms with Gasteiger partial charge in [-0.1, -0.05) is 19.3 Å². The first-order valence-corrected chi connectivity index (χ1v) is 3.84. The first kappa shape index (κ1) is 8.84. The van der Waals surface area contributed by atoms with E-state index in [0.29, 0.717) is 12.8 Å². The van der Waals surface area contributed by atoms with E-state index in [2.05, 4.69) is 4.94 Å². The van der Waals surface area contributed by atoms with E-state index in [1.807, 2.05) is 0 Å². The van der Waals surface area contributed by atoms with Gasteiger partial charge in [-0.2, -0.15) is 8.78 Å². The number of hydrogen-bond donors (Lipinski definition) is 0. The molecule has 0 heterocycles. The Kier molecular flexibility index (Phi) is 2.76. The molecule has 0 saturated heterocycles. The summed E-state index contributed by atoms with van der Waals surface area (Å²) in [6.45, 7) is 0. The maximum atomic E-state index is 12.4. The molecule has 0 aromatic carbocycles. The first-order valence-electron chi connectivity index (χ1n) is 3.84. The van der Waals surface area contributed by atoms with Crippen LogP contribution in [0, 0.1) is 5.92 Å². The monoisotopic (exact) mass is 168 g/mol. The van der Waals surface area contributed by atoms with Gasteiger partial charge in [0.1, 0.15) is 0 Å². The summed E-state index contributed by atoms with van der Waals surface area (Å²) >= 11 is 0. The Morgan fingerprint density at radius 3 is 2.09 bits per heavy atom. The summed E-state index contributed by atoms with van der Waals surface area (Å²) in [5, 5.41) is 0. The first-order chi connectivity index (χ1) is 5.17. The highest BCUT2D eigenvalue weighted by atomic mass is 19.4. The van der Waals surface area contributed by atoms with Gasteiger partial charge in [-0.3, -0.25) is 0 Å². The summed E-state index contributed by atoms with van der Waals surface area (Å²) < 4.78 is 36.2. The maximum absolute atomic E-state index is 12.4. The molecule has 0 atom stereocenters. The standard InChI is InChI=1S/C7H11F3O/c8-7(9,11-10)6-4-2-1-3-5-6/h6H,1-5H2. The molecule has 1 fully saturated rings. The molecule has 0 bridgehead atoms. The molecule has 0 amide bonds. The van der Waals surface area contributed by atoms with E-state index in [9.17, 15) is 13.3 Å². The highest BCUT2D eigenvalue weighted by Crippen LogP contribution is 2.37. The summed E-state index contributed by atoms with van der Waals surface area (Å²) in [4.78, 5) is 2.64. The predicted molar refractivity (Wildman–Crippen MR) is 33.7 cm³/mol.